The first kappa shape index (κ1) is 15.4. The second kappa shape index (κ2) is 5.76. The Kier molecular flexibility index (Phi) is 4.21. The van der Waals surface area contributed by atoms with E-state index in [9.17, 15) is 18.8 Å². The Hall–Kier alpha value is -2.03. The van der Waals surface area contributed by atoms with Crippen molar-refractivity contribution in [3.8, 4) is 0 Å². The molecule has 0 bridgehead atoms. The summed E-state index contributed by atoms with van der Waals surface area (Å²) in [5.41, 5.74) is -1.52. The topological polar surface area (TPSA) is 103 Å². The van der Waals surface area contributed by atoms with Crippen molar-refractivity contribution in [1.29, 1.82) is 0 Å². The number of halogens is 1. The van der Waals surface area contributed by atoms with Crippen molar-refractivity contribution >= 4 is 5.97 Å². The molecule has 0 spiro atoms. The van der Waals surface area contributed by atoms with Gasteiger partial charge in [-0.3, -0.25) is 14.3 Å². The van der Waals surface area contributed by atoms with Crippen LogP contribution in [0.5, 0.6) is 0 Å². The lowest BCUT2D eigenvalue weighted by Crippen LogP contribution is -2.36. The van der Waals surface area contributed by atoms with E-state index in [1.807, 2.05) is 4.98 Å². The summed E-state index contributed by atoms with van der Waals surface area (Å²) in [5, 5.41) is 0. The SMILES string of the molecule is CC(C)C(=O)OC[C@]1(F)CC[C@H](n2cnc(=O)[nH]c2=O)O1. The van der Waals surface area contributed by atoms with Crippen LogP contribution in [0.25, 0.3) is 0 Å². The summed E-state index contributed by atoms with van der Waals surface area (Å²) in [5.74, 6) is -3.04. The molecular formula is C12H16FN3O5. The number of aromatic nitrogens is 3. The minimum atomic E-state index is -2.15. The van der Waals surface area contributed by atoms with Crippen molar-refractivity contribution in [1.82, 2.24) is 14.5 Å². The number of alkyl halides is 1. The van der Waals surface area contributed by atoms with Crippen LogP contribution in [-0.2, 0) is 14.3 Å². The van der Waals surface area contributed by atoms with Crippen molar-refractivity contribution in [2.75, 3.05) is 6.61 Å². The number of hydrogen-bond donors (Lipinski definition) is 1. The van der Waals surface area contributed by atoms with Crippen LogP contribution in [-0.4, -0.2) is 33.0 Å². The van der Waals surface area contributed by atoms with Crippen LogP contribution in [0.2, 0.25) is 0 Å². The van der Waals surface area contributed by atoms with Gasteiger partial charge in [0.05, 0.1) is 5.92 Å². The first-order valence-corrected chi connectivity index (χ1v) is 6.51. The summed E-state index contributed by atoms with van der Waals surface area (Å²) in [6, 6.07) is 0. The van der Waals surface area contributed by atoms with Gasteiger partial charge in [0.15, 0.2) is 6.61 Å². The van der Waals surface area contributed by atoms with Crippen LogP contribution in [0, 0.1) is 5.92 Å². The zero-order valence-corrected chi connectivity index (χ0v) is 11.7. The predicted octanol–water partition coefficient (Wildman–Crippen LogP) is 0.106. The van der Waals surface area contributed by atoms with E-state index in [1.165, 1.54) is 0 Å². The smallest absolute Gasteiger partial charge is 0.350 e. The molecule has 2 atom stereocenters. The van der Waals surface area contributed by atoms with Crippen LogP contribution in [0.3, 0.4) is 0 Å². The Labute approximate surface area is 118 Å². The van der Waals surface area contributed by atoms with Gasteiger partial charge in [0.2, 0.25) is 5.85 Å². The van der Waals surface area contributed by atoms with Crippen molar-refractivity contribution in [3.63, 3.8) is 0 Å². The predicted molar refractivity (Wildman–Crippen MR) is 68.1 cm³/mol. The third kappa shape index (κ3) is 3.54. The number of hydrogen-bond acceptors (Lipinski definition) is 6. The molecule has 0 unspecified atom stereocenters. The lowest BCUT2D eigenvalue weighted by Gasteiger charge is -2.21. The normalized spacial score (nSPS) is 25.2. The van der Waals surface area contributed by atoms with Gasteiger partial charge in [0.1, 0.15) is 12.6 Å². The van der Waals surface area contributed by atoms with Gasteiger partial charge in [0.25, 0.3) is 0 Å². The number of ether oxygens (including phenoxy) is 2. The van der Waals surface area contributed by atoms with E-state index in [1.54, 1.807) is 13.8 Å². The molecule has 1 aromatic heterocycles. The molecular weight excluding hydrogens is 285 g/mol. The van der Waals surface area contributed by atoms with E-state index < -0.39 is 36.0 Å². The molecule has 116 valence electrons. The zero-order valence-electron chi connectivity index (χ0n) is 11.7. The summed E-state index contributed by atoms with van der Waals surface area (Å²) in [6.07, 6.45) is 0.264. The molecule has 8 nitrogen and oxygen atoms in total. The van der Waals surface area contributed by atoms with E-state index >= 15 is 0 Å². The quantitative estimate of drug-likeness (QED) is 0.791. The van der Waals surface area contributed by atoms with Gasteiger partial charge in [-0.05, 0) is 6.42 Å². The van der Waals surface area contributed by atoms with Crippen molar-refractivity contribution < 1.29 is 18.7 Å². The van der Waals surface area contributed by atoms with Gasteiger partial charge in [-0.25, -0.2) is 14.0 Å². The molecule has 2 rings (SSSR count). The first-order chi connectivity index (χ1) is 9.81. The summed E-state index contributed by atoms with van der Waals surface area (Å²) in [7, 11) is 0. The summed E-state index contributed by atoms with van der Waals surface area (Å²) in [4.78, 5) is 39.1. The summed E-state index contributed by atoms with van der Waals surface area (Å²) < 4.78 is 25.3. The Balaban J connectivity index is 2.04. The number of carbonyl (C=O) groups excluding carboxylic acids is 1. The first-order valence-electron chi connectivity index (χ1n) is 6.51. The fourth-order valence-electron chi connectivity index (χ4n) is 1.91. The van der Waals surface area contributed by atoms with Gasteiger partial charge < -0.3 is 9.47 Å². The lowest BCUT2D eigenvalue weighted by atomic mass is 10.2. The van der Waals surface area contributed by atoms with Crippen LogP contribution in [0.1, 0.15) is 32.9 Å². The Morgan fingerprint density at radius 2 is 2.38 bits per heavy atom. The molecule has 0 saturated carbocycles. The van der Waals surface area contributed by atoms with Crippen LogP contribution < -0.4 is 11.4 Å². The van der Waals surface area contributed by atoms with Crippen molar-refractivity contribution in [2.45, 2.75) is 38.8 Å². The van der Waals surface area contributed by atoms with Crippen molar-refractivity contribution in [2.24, 2.45) is 5.92 Å². The molecule has 1 aromatic rings. The van der Waals surface area contributed by atoms with Gasteiger partial charge in [-0.2, -0.15) is 4.98 Å². The molecule has 0 radical (unpaired) electrons. The fraction of sp³-hybridized carbons (Fsp3) is 0.667. The number of nitrogens with one attached hydrogen (secondary N) is 1. The molecule has 1 fully saturated rings. The standard InChI is InChI=1S/C12H16FN3O5/c1-7(2)9(17)20-5-12(13)4-3-8(21-12)16-6-14-10(18)15-11(16)19/h6-8H,3-5H2,1-2H3,(H,15,18,19)/t8-,12+/m1/s1. The number of aromatic amines is 1. The highest BCUT2D eigenvalue weighted by Crippen LogP contribution is 2.37. The van der Waals surface area contributed by atoms with E-state index in [2.05, 4.69) is 4.98 Å². The Bertz CT molecular complexity index is 640. The maximum atomic E-state index is 14.4. The van der Waals surface area contributed by atoms with E-state index in [4.69, 9.17) is 9.47 Å². The molecule has 9 heteroatoms. The average Bonchev–Trinajstić information content (AvgIpc) is 2.79. The molecule has 0 aromatic carbocycles. The van der Waals surface area contributed by atoms with Gasteiger partial charge in [-0.1, -0.05) is 13.8 Å². The highest BCUT2D eigenvalue weighted by Gasteiger charge is 2.43. The maximum Gasteiger partial charge on any atom is 0.350 e. The Morgan fingerprint density at radius 1 is 1.67 bits per heavy atom. The third-order valence-corrected chi connectivity index (χ3v) is 3.07. The minimum absolute atomic E-state index is 0.0331. The molecule has 1 aliphatic heterocycles. The second-order valence-corrected chi connectivity index (χ2v) is 5.14. The minimum Gasteiger partial charge on any atom is -0.459 e. The van der Waals surface area contributed by atoms with Crippen LogP contribution in [0.15, 0.2) is 15.9 Å². The van der Waals surface area contributed by atoms with Crippen molar-refractivity contribution in [3.05, 3.63) is 27.3 Å². The fourth-order valence-corrected chi connectivity index (χ4v) is 1.91. The van der Waals surface area contributed by atoms with E-state index in [0.717, 1.165) is 10.9 Å². The van der Waals surface area contributed by atoms with Crippen LogP contribution in [0.4, 0.5) is 4.39 Å². The molecule has 2 heterocycles. The number of nitrogens with zero attached hydrogens (tertiary/aromatic N) is 2. The van der Waals surface area contributed by atoms with E-state index in [-0.39, 0.29) is 18.8 Å². The number of rotatable bonds is 4. The zero-order chi connectivity index (χ0) is 15.6. The average molecular weight is 301 g/mol. The van der Waals surface area contributed by atoms with E-state index in [0.29, 0.717) is 0 Å². The number of esters is 1. The molecule has 21 heavy (non-hydrogen) atoms. The highest BCUT2D eigenvalue weighted by atomic mass is 19.2. The third-order valence-electron chi connectivity index (χ3n) is 3.07. The Morgan fingerprint density at radius 3 is 3.00 bits per heavy atom. The summed E-state index contributed by atoms with van der Waals surface area (Å²) in [6.45, 7) is 2.74. The highest BCUT2D eigenvalue weighted by molar-refractivity contribution is 5.71. The molecule has 0 aliphatic carbocycles. The number of carbonyl (C=O) groups is 1. The molecule has 1 aliphatic rings. The second-order valence-electron chi connectivity index (χ2n) is 5.14. The molecule has 1 saturated heterocycles. The lowest BCUT2D eigenvalue weighted by molar-refractivity contribution is -0.195. The van der Waals surface area contributed by atoms with Gasteiger partial charge in [0, 0.05) is 6.42 Å². The molecule has 1 N–H and O–H groups in total. The van der Waals surface area contributed by atoms with Gasteiger partial charge >= 0.3 is 17.3 Å². The monoisotopic (exact) mass is 301 g/mol. The molecule has 0 amide bonds. The summed E-state index contributed by atoms with van der Waals surface area (Å²) >= 11 is 0. The largest absolute Gasteiger partial charge is 0.459 e. The number of H-pyrrole nitrogens is 1. The van der Waals surface area contributed by atoms with Crippen LogP contribution >= 0.6 is 0 Å². The maximum absolute atomic E-state index is 14.4. The van der Waals surface area contributed by atoms with Gasteiger partial charge in [-0.15, -0.1) is 0 Å².